The summed E-state index contributed by atoms with van der Waals surface area (Å²) in [6.07, 6.45) is 5.06. The fourth-order valence-electron chi connectivity index (χ4n) is 2.29. The molecule has 1 aliphatic heterocycles. The maximum absolute atomic E-state index is 11.8. The third-order valence-corrected chi connectivity index (χ3v) is 3.92. The second-order valence-corrected chi connectivity index (χ2v) is 5.41. The summed E-state index contributed by atoms with van der Waals surface area (Å²) in [5.74, 6) is -0.355. The highest BCUT2D eigenvalue weighted by molar-refractivity contribution is 6.31. The zero-order valence-electron chi connectivity index (χ0n) is 12.2. The standard InChI is InChI=1S/C14H19ClN4O2/c1-10-11(14(15)18(2)17-10)5-6-12(20)16-9-13(21)19-7-3-4-8-19/h5-6H,3-4,7-9H2,1-2H3,(H,16,20)/b6-5+. The first-order valence-electron chi connectivity index (χ1n) is 6.92. The summed E-state index contributed by atoms with van der Waals surface area (Å²) >= 11 is 6.07. The van der Waals surface area contributed by atoms with Gasteiger partial charge in [0.25, 0.3) is 0 Å². The van der Waals surface area contributed by atoms with Crippen LogP contribution in [0.3, 0.4) is 0 Å². The Morgan fingerprint density at radius 1 is 1.38 bits per heavy atom. The van der Waals surface area contributed by atoms with Crippen molar-refractivity contribution in [3.63, 3.8) is 0 Å². The first-order chi connectivity index (χ1) is 9.99. The van der Waals surface area contributed by atoms with Crippen molar-refractivity contribution >= 4 is 29.5 Å². The second kappa shape index (κ2) is 6.76. The van der Waals surface area contributed by atoms with E-state index in [2.05, 4.69) is 10.4 Å². The smallest absolute Gasteiger partial charge is 0.244 e. The Kier molecular flexibility index (Phi) is 5.01. The monoisotopic (exact) mass is 310 g/mol. The molecule has 21 heavy (non-hydrogen) atoms. The van der Waals surface area contributed by atoms with E-state index in [1.54, 1.807) is 22.7 Å². The predicted molar refractivity (Wildman–Crippen MR) is 80.8 cm³/mol. The van der Waals surface area contributed by atoms with Gasteiger partial charge in [-0.3, -0.25) is 14.3 Å². The number of carbonyl (C=O) groups excluding carboxylic acids is 2. The summed E-state index contributed by atoms with van der Waals surface area (Å²) in [7, 11) is 1.74. The third-order valence-electron chi connectivity index (χ3n) is 3.47. The summed E-state index contributed by atoms with van der Waals surface area (Å²) < 4.78 is 1.55. The van der Waals surface area contributed by atoms with Crippen LogP contribution in [-0.2, 0) is 16.6 Å². The van der Waals surface area contributed by atoms with Crippen LogP contribution >= 0.6 is 11.6 Å². The molecular weight excluding hydrogens is 292 g/mol. The predicted octanol–water partition coefficient (Wildman–Crippen LogP) is 1.13. The maximum atomic E-state index is 11.8. The van der Waals surface area contributed by atoms with E-state index in [9.17, 15) is 9.59 Å². The first kappa shape index (κ1) is 15.6. The average molecular weight is 311 g/mol. The Bertz CT molecular complexity index is 574. The van der Waals surface area contributed by atoms with Crippen molar-refractivity contribution in [2.75, 3.05) is 19.6 Å². The number of nitrogens with zero attached hydrogens (tertiary/aromatic N) is 3. The third kappa shape index (κ3) is 3.85. The van der Waals surface area contributed by atoms with Crippen LogP contribution in [0.4, 0.5) is 0 Å². The van der Waals surface area contributed by atoms with Crippen molar-refractivity contribution in [1.29, 1.82) is 0 Å². The van der Waals surface area contributed by atoms with Crippen LogP contribution in [0.25, 0.3) is 6.08 Å². The van der Waals surface area contributed by atoms with Gasteiger partial charge < -0.3 is 10.2 Å². The zero-order valence-corrected chi connectivity index (χ0v) is 13.0. The molecule has 0 aromatic carbocycles. The van der Waals surface area contributed by atoms with Crippen molar-refractivity contribution in [2.24, 2.45) is 7.05 Å². The number of aryl methyl sites for hydroxylation is 2. The minimum Gasteiger partial charge on any atom is -0.343 e. The van der Waals surface area contributed by atoms with Gasteiger partial charge in [0.2, 0.25) is 11.8 Å². The van der Waals surface area contributed by atoms with E-state index in [4.69, 9.17) is 11.6 Å². The van der Waals surface area contributed by atoms with Crippen LogP contribution in [0, 0.1) is 6.92 Å². The molecule has 2 amide bonds. The lowest BCUT2D eigenvalue weighted by Gasteiger charge is -2.14. The largest absolute Gasteiger partial charge is 0.343 e. The number of likely N-dealkylation sites (tertiary alicyclic amines) is 1. The van der Waals surface area contributed by atoms with Crippen LogP contribution in [-0.4, -0.2) is 46.1 Å². The minimum absolute atomic E-state index is 0.0307. The Balaban J connectivity index is 1.86. The molecule has 0 radical (unpaired) electrons. The van der Waals surface area contributed by atoms with Gasteiger partial charge in [-0.05, 0) is 25.8 Å². The fourth-order valence-corrected chi connectivity index (χ4v) is 2.53. The molecule has 0 unspecified atom stereocenters. The van der Waals surface area contributed by atoms with Gasteiger partial charge in [0.1, 0.15) is 5.15 Å². The van der Waals surface area contributed by atoms with Gasteiger partial charge in [-0.15, -0.1) is 0 Å². The molecule has 1 fully saturated rings. The molecule has 0 atom stereocenters. The highest BCUT2D eigenvalue weighted by atomic mass is 35.5. The normalized spacial score (nSPS) is 14.9. The molecule has 114 valence electrons. The molecule has 0 bridgehead atoms. The van der Waals surface area contributed by atoms with Crippen molar-refractivity contribution < 1.29 is 9.59 Å². The molecule has 1 aromatic heterocycles. The number of carbonyl (C=O) groups is 2. The van der Waals surface area contributed by atoms with Crippen molar-refractivity contribution in [3.8, 4) is 0 Å². The van der Waals surface area contributed by atoms with Gasteiger partial charge in [-0.25, -0.2) is 0 Å². The van der Waals surface area contributed by atoms with E-state index >= 15 is 0 Å². The quantitative estimate of drug-likeness (QED) is 0.848. The molecule has 6 nitrogen and oxygen atoms in total. The Hall–Kier alpha value is -1.82. The number of aromatic nitrogens is 2. The molecule has 1 N–H and O–H groups in total. The van der Waals surface area contributed by atoms with E-state index in [-0.39, 0.29) is 18.4 Å². The van der Waals surface area contributed by atoms with Gasteiger partial charge in [-0.1, -0.05) is 11.6 Å². The lowest BCUT2D eigenvalue weighted by molar-refractivity contribution is -0.131. The number of halogens is 1. The number of hydrogen-bond acceptors (Lipinski definition) is 3. The van der Waals surface area contributed by atoms with Crippen LogP contribution in [0.1, 0.15) is 24.1 Å². The molecule has 2 heterocycles. The van der Waals surface area contributed by atoms with Crippen molar-refractivity contribution in [2.45, 2.75) is 19.8 Å². The highest BCUT2D eigenvalue weighted by Gasteiger charge is 2.17. The molecule has 1 saturated heterocycles. The molecule has 0 saturated carbocycles. The van der Waals surface area contributed by atoms with Gasteiger partial charge in [0, 0.05) is 31.8 Å². The molecule has 2 rings (SSSR count). The van der Waals surface area contributed by atoms with Crippen LogP contribution in [0.2, 0.25) is 5.15 Å². The van der Waals surface area contributed by atoms with E-state index < -0.39 is 0 Å². The van der Waals surface area contributed by atoms with Crippen molar-refractivity contribution in [1.82, 2.24) is 20.0 Å². The van der Waals surface area contributed by atoms with Crippen molar-refractivity contribution in [3.05, 3.63) is 22.5 Å². The van der Waals surface area contributed by atoms with Crippen LogP contribution in [0.5, 0.6) is 0 Å². The number of hydrogen-bond donors (Lipinski definition) is 1. The number of amides is 2. The van der Waals surface area contributed by atoms with E-state index in [0.717, 1.165) is 31.6 Å². The lowest BCUT2D eigenvalue weighted by atomic mass is 10.2. The van der Waals surface area contributed by atoms with Crippen LogP contribution in [0.15, 0.2) is 6.08 Å². The Morgan fingerprint density at radius 2 is 2.05 bits per heavy atom. The summed E-state index contributed by atoms with van der Waals surface area (Å²) in [5.41, 5.74) is 1.46. The summed E-state index contributed by atoms with van der Waals surface area (Å²) in [6, 6.07) is 0. The Morgan fingerprint density at radius 3 is 2.62 bits per heavy atom. The van der Waals surface area contributed by atoms with E-state index in [1.807, 2.05) is 6.92 Å². The molecule has 0 spiro atoms. The average Bonchev–Trinajstić information content (AvgIpc) is 3.05. The van der Waals surface area contributed by atoms with E-state index in [1.165, 1.54) is 6.08 Å². The minimum atomic E-state index is -0.318. The molecule has 7 heteroatoms. The van der Waals surface area contributed by atoms with Gasteiger partial charge in [-0.2, -0.15) is 5.10 Å². The van der Waals surface area contributed by atoms with Crippen LogP contribution < -0.4 is 5.32 Å². The highest BCUT2D eigenvalue weighted by Crippen LogP contribution is 2.19. The topological polar surface area (TPSA) is 67.2 Å². The summed E-state index contributed by atoms with van der Waals surface area (Å²) in [6.45, 7) is 3.42. The SMILES string of the molecule is Cc1nn(C)c(Cl)c1/C=C/C(=O)NCC(=O)N1CCCC1. The molecular formula is C14H19ClN4O2. The van der Waals surface area contributed by atoms with E-state index in [0.29, 0.717) is 10.7 Å². The second-order valence-electron chi connectivity index (χ2n) is 5.05. The Labute approximate surface area is 128 Å². The molecule has 1 aliphatic rings. The maximum Gasteiger partial charge on any atom is 0.244 e. The van der Waals surface area contributed by atoms with Gasteiger partial charge in [0.05, 0.1) is 12.2 Å². The molecule has 0 aliphatic carbocycles. The summed E-state index contributed by atoms with van der Waals surface area (Å²) in [5, 5.41) is 7.22. The summed E-state index contributed by atoms with van der Waals surface area (Å²) in [4.78, 5) is 25.3. The lowest BCUT2D eigenvalue weighted by Crippen LogP contribution is -2.38. The number of rotatable bonds is 4. The van der Waals surface area contributed by atoms with Gasteiger partial charge >= 0.3 is 0 Å². The molecule has 1 aromatic rings. The van der Waals surface area contributed by atoms with Gasteiger partial charge in [0.15, 0.2) is 0 Å². The zero-order chi connectivity index (χ0) is 15.4. The first-order valence-corrected chi connectivity index (χ1v) is 7.29. The number of nitrogens with one attached hydrogen (secondary N) is 1. The fraction of sp³-hybridized carbons (Fsp3) is 0.500.